The van der Waals surface area contributed by atoms with E-state index >= 15 is 0 Å². The Kier molecular flexibility index (Phi) is 10.1. The van der Waals surface area contributed by atoms with Gasteiger partial charge in [0.15, 0.2) is 5.96 Å². The summed E-state index contributed by atoms with van der Waals surface area (Å²) in [4.78, 5) is 8.53. The van der Waals surface area contributed by atoms with Crippen LogP contribution in [0.1, 0.15) is 31.6 Å². The number of piperidine rings is 1. The number of thiophene rings is 1. The average molecular weight is 436 g/mol. The monoisotopic (exact) mass is 436 g/mol. The molecular weight excluding hydrogens is 407 g/mol. The fourth-order valence-corrected chi connectivity index (χ4v) is 3.38. The first-order valence-corrected chi connectivity index (χ1v) is 8.96. The van der Waals surface area contributed by atoms with E-state index in [9.17, 15) is 0 Å². The molecule has 2 rings (SSSR count). The Bertz CT molecular complexity index is 422. The summed E-state index contributed by atoms with van der Waals surface area (Å²) in [6, 6.07) is 4.22. The van der Waals surface area contributed by atoms with E-state index in [1.807, 2.05) is 0 Å². The van der Waals surface area contributed by atoms with E-state index in [0.29, 0.717) is 0 Å². The first kappa shape index (κ1) is 19.7. The molecule has 0 radical (unpaired) electrons. The van der Waals surface area contributed by atoms with Gasteiger partial charge in [-0.15, -0.1) is 35.3 Å². The molecule has 6 heteroatoms. The summed E-state index contributed by atoms with van der Waals surface area (Å²) in [5.74, 6) is 1.68. The van der Waals surface area contributed by atoms with Crippen LogP contribution in [0, 0.1) is 5.92 Å². The zero-order valence-corrected chi connectivity index (χ0v) is 16.8. The number of aliphatic imine (C=N–C) groups is 1. The maximum atomic E-state index is 4.67. The number of hydrogen-bond donors (Lipinski definition) is 2. The molecule has 0 spiro atoms. The van der Waals surface area contributed by atoms with Crippen molar-refractivity contribution in [3.63, 3.8) is 0 Å². The Labute approximate surface area is 155 Å². The van der Waals surface area contributed by atoms with E-state index < -0.39 is 0 Å². The topological polar surface area (TPSA) is 39.7 Å². The Morgan fingerprint density at radius 2 is 2.27 bits per heavy atom. The van der Waals surface area contributed by atoms with E-state index in [1.54, 1.807) is 11.3 Å². The lowest BCUT2D eigenvalue weighted by molar-refractivity contribution is 0.183. The first-order valence-electron chi connectivity index (χ1n) is 8.08. The van der Waals surface area contributed by atoms with E-state index in [0.717, 1.165) is 31.5 Å². The molecule has 0 aliphatic carbocycles. The van der Waals surface area contributed by atoms with Crippen LogP contribution < -0.4 is 10.6 Å². The van der Waals surface area contributed by atoms with Crippen LogP contribution in [0.25, 0.3) is 0 Å². The molecule has 2 N–H and O–H groups in total. The lowest BCUT2D eigenvalue weighted by Crippen LogP contribution is -2.44. The summed E-state index contributed by atoms with van der Waals surface area (Å²) in [5, 5.41) is 8.96. The molecule has 1 aromatic rings. The second-order valence-electron chi connectivity index (χ2n) is 5.56. The smallest absolute Gasteiger partial charge is 0.191 e. The molecule has 0 bridgehead atoms. The summed E-state index contributed by atoms with van der Waals surface area (Å²) in [6.07, 6.45) is 2.65. The van der Waals surface area contributed by atoms with Gasteiger partial charge in [0.1, 0.15) is 0 Å². The van der Waals surface area contributed by atoms with Gasteiger partial charge in [-0.2, -0.15) is 0 Å². The Hall–Kier alpha value is -0.340. The third-order valence-corrected chi connectivity index (χ3v) is 4.79. The van der Waals surface area contributed by atoms with Crippen LogP contribution in [-0.4, -0.2) is 43.6 Å². The minimum atomic E-state index is 0. The van der Waals surface area contributed by atoms with Crippen molar-refractivity contribution in [1.82, 2.24) is 15.5 Å². The van der Waals surface area contributed by atoms with Crippen molar-refractivity contribution in [2.45, 2.75) is 33.2 Å². The van der Waals surface area contributed by atoms with E-state index in [-0.39, 0.29) is 24.0 Å². The maximum absolute atomic E-state index is 4.67. The van der Waals surface area contributed by atoms with Crippen molar-refractivity contribution in [1.29, 1.82) is 0 Å². The highest BCUT2D eigenvalue weighted by atomic mass is 127. The fraction of sp³-hybridized carbons (Fsp3) is 0.688. The van der Waals surface area contributed by atoms with Crippen LogP contribution in [-0.2, 0) is 6.54 Å². The summed E-state index contributed by atoms with van der Waals surface area (Å²) >= 11 is 1.76. The lowest BCUT2D eigenvalue weighted by Gasteiger charge is -2.32. The van der Waals surface area contributed by atoms with Crippen molar-refractivity contribution < 1.29 is 0 Å². The number of nitrogens with zero attached hydrogens (tertiary/aromatic N) is 2. The second kappa shape index (κ2) is 11.2. The van der Waals surface area contributed by atoms with Crippen molar-refractivity contribution in [2.75, 3.05) is 32.7 Å². The third-order valence-electron chi connectivity index (χ3n) is 3.93. The van der Waals surface area contributed by atoms with E-state index in [4.69, 9.17) is 0 Å². The van der Waals surface area contributed by atoms with Crippen molar-refractivity contribution in [3.05, 3.63) is 22.4 Å². The number of nitrogens with one attached hydrogen (secondary N) is 2. The molecule has 1 aliphatic rings. The highest BCUT2D eigenvalue weighted by Crippen LogP contribution is 2.15. The second-order valence-corrected chi connectivity index (χ2v) is 6.59. The van der Waals surface area contributed by atoms with Crippen LogP contribution in [0.15, 0.2) is 22.5 Å². The molecular formula is C16H29IN4S. The summed E-state index contributed by atoms with van der Waals surface area (Å²) in [7, 11) is 0. The van der Waals surface area contributed by atoms with Crippen molar-refractivity contribution in [2.24, 2.45) is 10.9 Å². The Morgan fingerprint density at radius 3 is 2.95 bits per heavy atom. The van der Waals surface area contributed by atoms with Crippen molar-refractivity contribution >= 4 is 41.3 Å². The van der Waals surface area contributed by atoms with Crippen LogP contribution in [0.2, 0.25) is 0 Å². The number of hydrogen-bond acceptors (Lipinski definition) is 3. The number of guanidine groups is 1. The molecule has 0 aromatic carbocycles. The van der Waals surface area contributed by atoms with Gasteiger partial charge in [-0.05, 0) is 50.2 Å². The quantitative estimate of drug-likeness (QED) is 0.409. The Balaban J connectivity index is 0.00000242. The van der Waals surface area contributed by atoms with Gasteiger partial charge in [-0.3, -0.25) is 0 Å². The molecule has 1 aliphatic heterocycles. The summed E-state index contributed by atoms with van der Waals surface area (Å²) in [5.41, 5.74) is 0. The van der Waals surface area contributed by atoms with Gasteiger partial charge < -0.3 is 15.5 Å². The molecule has 126 valence electrons. The summed E-state index contributed by atoms with van der Waals surface area (Å²) < 4.78 is 0. The van der Waals surface area contributed by atoms with Crippen LogP contribution in [0.3, 0.4) is 0 Å². The molecule has 0 amide bonds. The molecule has 0 saturated carbocycles. The fourth-order valence-electron chi connectivity index (χ4n) is 2.75. The van der Waals surface area contributed by atoms with E-state index in [1.165, 1.54) is 37.4 Å². The zero-order valence-electron chi connectivity index (χ0n) is 13.7. The van der Waals surface area contributed by atoms with Crippen LogP contribution >= 0.6 is 35.3 Å². The van der Waals surface area contributed by atoms with Crippen LogP contribution in [0.5, 0.6) is 0 Å². The number of rotatable bonds is 6. The minimum Gasteiger partial charge on any atom is -0.357 e. The van der Waals surface area contributed by atoms with Gasteiger partial charge in [0.2, 0.25) is 0 Å². The van der Waals surface area contributed by atoms with Gasteiger partial charge in [0.25, 0.3) is 0 Å². The molecule has 1 fully saturated rings. The lowest BCUT2D eigenvalue weighted by atomic mass is 9.98. The van der Waals surface area contributed by atoms with Crippen molar-refractivity contribution in [3.8, 4) is 0 Å². The molecule has 22 heavy (non-hydrogen) atoms. The molecule has 1 aromatic heterocycles. The molecule has 1 atom stereocenters. The number of halogens is 1. The largest absolute Gasteiger partial charge is 0.357 e. The zero-order chi connectivity index (χ0) is 14.9. The highest BCUT2D eigenvalue weighted by molar-refractivity contribution is 14.0. The predicted octanol–water partition coefficient (Wildman–Crippen LogP) is 3.15. The highest BCUT2D eigenvalue weighted by Gasteiger charge is 2.18. The average Bonchev–Trinajstić information content (AvgIpc) is 3.03. The van der Waals surface area contributed by atoms with Gasteiger partial charge in [-0.25, -0.2) is 4.99 Å². The molecule has 1 unspecified atom stereocenters. The molecule has 2 heterocycles. The van der Waals surface area contributed by atoms with Gasteiger partial charge in [0, 0.05) is 24.5 Å². The molecule has 4 nitrogen and oxygen atoms in total. The van der Waals surface area contributed by atoms with E-state index in [2.05, 4.69) is 51.9 Å². The standard InChI is InChI=1S/C16H28N4S.HI/c1-3-17-16(19-12-15-8-6-10-21-15)18-11-14-7-5-9-20(4-2)13-14;/h6,8,10,14H,3-5,7,9,11-13H2,1-2H3,(H2,17,18,19);1H. The van der Waals surface area contributed by atoms with Gasteiger partial charge in [-0.1, -0.05) is 13.0 Å². The maximum Gasteiger partial charge on any atom is 0.191 e. The van der Waals surface area contributed by atoms with Gasteiger partial charge in [0.05, 0.1) is 6.54 Å². The van der Waals surface area contributed by atoms with Gasteiger partial charge >= 0.3 is 0 Å². The third kappa shape index (κ3) is 6.83. The first-order chi connectivity index (χ1) is 10.3. The summed E-state index contributed by atoms with van der Waals surface area (Å²) in [6.45, 7) is 10.7. The normalized spacial score (nSPS) is 19.5. The SMILES string of the molecule is CCNC(=NCc1cccs1)NCC1CCCN(CC)C1.I. The molecule has 1 saturated heterocycles. The number of likely N-dealkylation sites (tertiary alicyclic amines) is 1. The minimum absolute atomic E-state index is 0. The Morgan fingerprint density at radius 1 is 1.41 bits per heavy atom. The van der Waals surface area contributed by atoms with Crippen LogP contribution in [0.4, 0.5) is 0 Å². The predicted molar refractivity (Wildman–Crippen MR) is 107 cm³/mol.